The monoisotopic (exact) mass is 837 g/mol. The first-order valence-corrected chi connectivity index (χ1v) is 24.8. The summed E-state index contributed by atoms with van der Waals surface area (Å²) in [6.07, 6.45) is 13.5. The number of hydrogen-bond donors (Lipinski definition) is 0. The van der Waals surface area contributed by atoms with Crippen molar-refractivity contribution in [1.82, 2.24) is 0 Å². The zero-order valence-corrected chi connectivity index (χ0v) is 37.2. The highest BCUT2D eigenvalue weighted by Gasteiger charge is 2.61. The molecule has 0 aromatic heterocycles. The van der Waals surface area contributed by atoms with Crippen molar-refractivity contribution in [1.29, 1.82) is 0 Å². The largest absolute Gasteiger partial charge is 0.310 e. The van der Waals surface area contributed by atoms with Crippen LogP contribution in [0.5, 0.6) is 0 Å². The van der Waals surface area contributed by atoms with Crippen LogP contribution < -0.4 is 4.90 Å². The highest BCUT2D eigenvalue weighted by molar-refractivity contribution is 5.95. The third-order valence-corrected chi connectivity index (χ3v) is 17.6. The molecule has 5 fully saturated rings. The number of fused-ring (bicyclic) bond motifs is 8. The molecule has 65 heavy (non-hydrogen) atoms. The third-order valence-electron chi connectivity index (χ3n) is 17.6. The van der Waals surface area contributed by atoms with Gasteiger partial charge in [-0.25, -0.2) is 0 Å². The van der Waals surface area contributed by atoms with Crippen LogP contribution in [0, 0.1) is 23.7 Å². The summed E-state index contributed by atoms with van der Waals surface area (Å²) < 4.78 is 0. The molecule has 8 aromatic rings. The summed E-state index contributed by atoms with van der Waals surface area (Å²) in [5.74, 6) is 3.36. The second-order valence-corrected chi connectivity index (χ2v) is 20.7. The Bertz CT molecular complexity index is 3120. The van der Waals surface area contributed by atoms with Crippen molar-refractivity contribution in [3.8, 4) is 55.6 Å². The van der Waals surface area contributed by atoms with E-state index in [-0.39, 0.29) is 10.8 Å². The highest BCUT2D eigenvalue weighted by atomic mass is 15.1. The molecule has 0 heterocycles. The van der Waals surface area contributed by atoms with Gasteiger partial charge in [0, 0.05) is 27.9 Å². The summed E-state index contributed by atoms with van der Waals surface area (Å²) in [6, 6.07) is 72.2. The third kappa shape index (κ3) is 5.57. The van der Waals surface area contributed by atoms with Crippen LogP contribution in [0.2, 0.25) is 0 Å². The minimum absolute atomic E-state index is 0.124. The smallest absolute Gasteiger partial charge is 0.0467 e. The van der Waals surface area contributed by atoms with Crippen LogP contribution in [0.15, 0.2) is 188 Å². The summed E-state index contributed by atoms with van der Waals surface area (Å²) in [4.78, 5) is 2.49. The van der Waals surface area contributed by atoms with E-state index in [1.807, 2.05) is 0 Å². The minimum Gasteiger partial charge on any atom is -0.310 e. The van der Waals surface area contributed by atoms with E-state index in [0.29, 0.717) is 0 Å². The van der Waals surface area contributed by atoms with Gasteiger partial charge in [-0.05, 0) is 189 Å². The fourth-order valence-electron chi connectivity index (χ4n) is 15.3. The number of rotatable bonds is 6. The molecule has 8 aromatic carbocycles. The quantitative estimate of drug-likeness (QED) is 0.161. The molecule has 15 rings (SSSR count). The molecule has 0 N–H and O–H groups in total. The predicted molar refractivity (Wildman–Crippen MR) is 270 cm³/mol. The zero-order chi connectivity index (χ0) is 42.7. The maximum atomic E-state index is 2.56. The summed E-state index contributed by atoms with van der Waals surface area (Å²) in [5, 5.41) is 0. The van der Waals surface area contributed by atoms with E-state index in [1.165, 1.54) is 137 Å². The van der Waals surface area contributed by atoms with Crippen LogP contribution in [0.4, 0.5) is 17.1 Å². The van der Waals surface area contributed by atoms with Gasteiger partial charge in [-0.3, -0.25) is 0 Å². The molecule has 4 bridgehead atoms. The first kappa shape index (κ1) is 37.9. The van der Waals surface area contributed by atoms with E-state index in [9.17, 15) is 0 Å². The lowest BCUT2D eigenvalue weighted by molar-refractivity contribution is -0.0399. The van der Waals surface area contributed by atoms with Gasteiger partial charge < -0.3 is 4.90 Å². The first-order chi connectivity index (χ1) is 32.2. The Kier molecular flexibility index (Phi) is 8.47. The van der Waals surface area contributed by atoms with Crippen LogP contribution in [-0.4, -0.2) is 0 Å². The molecule has 0 atom stereocenters. The summed E-state index contributed by atoms with van der Waals surface area (Å²) in [7, 11) is 0. The standard InChI is InChI=1S/C64H55N/c1-3-14-44(15-4-1)45-26-29-51(30-27-45)65(52-18-11-16-46(39-52)47-28-31-56-55-20-5-7-23-58(55)63(61(56)41-47)32-9-2-10-33-63)53-19-12-17-48(40-53)54-22-13-25-60-62(54)57-21-6-8-24-59(57)64(60)49-35-42-34-43(37-49)38-50(64)36-42/h1,3-8,11-31,39-43,49-50H,2,9-10,32-38H2. The molecular weight excluding hydrogens is 783 g/mol. The van der Waals surface area contributed by atoms with Crippen LogP contribution in [0.25, 0.3) is 55.6 Å². The molecule has 7 aliphatic rings. The molecule has 0 unspecified atom stereocenters. The molecule has 7 aliphatic carbocycles. The predicted octanol–water partition coefficient (Wildman–Crippen LogP) is 17.1. The van der Waals surface area contributed by atoms with Crippen molar-refractivity contribution >= 4 is 17.1 Å². The number of hydrogen-bond acceptors (Lipinski definition) is 1. The topological polar surface area (TPSA) is 3.24 Å². The molecule has 1 nitrogen and oxygen atoms in total. The maximum absolute atomic E-state index is 2.56. The van der Waals surface area contributed by atoms with Gasteiger partial charge in [0.1, 0.15) is 0 Å². The second kappa shape index (κ2) is 14.5. The van der Waals surface area contributed by atoms with Crippen LogP contribution in [0.3, 0.4) is 0 Å². The molecule has 316 valence electrons. The van der Waals surface area contributed by atoms with Crippen molar-refractivity contribution in [2.45, 2.75) is 75.0 Å². The molecule has 0 amide bonds. The Morgan fingerprint density at radius 1 is 0.338 bits per heavy atom. The zero-order valence-electron chi connectivity index (χ0n) is 37.2. The molecule has 1 heteroatoms. The van der Waals surface area contributed by atoms with Gasteiger partial charge in [-0.1, -0.05) is 165 Å². The fraction of sp³-hybridized carbons (Fsp3) is 0.250. The first-order valence-electron chi connectivity index (χ1n) is 24.8. The molecule has 0 saturated heterocycles. The maximum Gasteiger partial charge on any atom is 0.0467 e. The van der Waals surface area contributed by atoms with E-state index in [2.05, 4.69) is 193 Å². The molecule has 0 radical (unpaired) electrons. The minimum atomic E-state index is 0.124. The molecule has 5 saturated carbocycles. The fourth-order valence-corrected chi connectivity index (χ4v) is 15.3. The van der Waals surface area contributed by atoms with Gasteiger partial charge in [0.25, 0.3) is 0 Å². The SMILES string of the molecule is c1ccc(-c2ccc(N(c3cccc(-c4ccc5c(c4)C4(CCCCC4)c4ccccc4-5)c3)c3cccc(-c4cccc5c4-c4ccccc4C54C5CC6CC(C5)CC4C6)c3)cc2)cc1. The normalized spacial score (nSPS) is 23.6. The molecular formula is C64H55N. The van der Waals surface area contributed by atoms with Crippen molar-refractivity contribution in [2.75, 3.05) is 4.90 Å². The van der Waals surface area contributed by atoms with Gasteiger partial charge in [-0.15, -0.1) is 0 Å². The highest BCUT2D eigenvalue weighted by Crippen LogP contribution is 2.70. The van der Waals surface area contributed by atoms with E-state index in [1.54, 1.807) is 16.7 Å². The average molecular weight is 838 g/mol. The van der Waals surface area contributed by atoms with Gasteiger partial charge >= 0.3 is 0 Å². The van der Waals surface area contributed by atoms with E-state index in [4.69, 9.17) is 0 Å². The lowest BCUT2D eigenvalue weighted by Crippen LogP contribution is -2.55. The van der Waals surface area contributed by atoms with Crippen molar-refractivity contribution < 1.29 is 0 Å². The van der Waals surface area contributed by atoms with Gasteiger partial charge in [0.05, 0.1) is 0 Å². The van der Waals surface area contributed by atoms with Crippen LogP contribution in [0.1, 0.15) is 86.5 Å². The Morgan fingerprint density at radius 3 is 1.63 bits per heavy atom. The van der Waals surface area contributed by atoms with Gasteiger partial charge in [0.15, 0.2) is 0 Å². The lowest BCUT2D eigenvalue weighted by Gasteiger charge is -2.61. The molecule has 2 spiro atoms. The van der Waals surface area contributed by atoms with Crippen molar-refractivity contribution in [3.63, 3.8) is 0 Å². The Hall–Kier alpha value is -6.44. The van der Waals surface area contributed by atoms with Crippen LogP contribution in [-0.2, 0) is 10.8 Å². The van der Waals surface area contributed by atoms with E-state index < -0.39 is 0 Å². The van der Waals surface area contributed by atoms with E-state index >= 15 is 0 Å². The van der Waals surface area contributed by atoms with Crippen molar-refractivity contribution in [2.24, 2.45) is 23.7 Å². The van der Waals surface area contributed by atoms with Gasteiger partial charge in [-0.2, -0.15) is 0 Å². The Morgan fingerprint density at radius 2 is 0.877 bits per heavy atom. The van der Waals surface area contributed by atoms with E-state index in [0.717, 1.165) is 29.4 Å². The van der Waals surface area contributed by atoms with Gasteiger partial charge in [0.2, 0.25) is 0 Å². The number of nitrogens with zero attached hydrogens (tertiary/aromatic N) is 1. The number of benzene rings is 8. The summed E-state index contributed by atoms with van der Waals surface area (Å²) in [6.45, 7) is 0. The molecule has 0 aliphatic heterocycles. The second-order valence-electron chi connectivity index (χ2n) is 20.7. The average Bonchev–Trinajstić information content (AvgIpc) is 3.81. The summed E-state index contributed by atoms with van der Waals surface area (Å²) >= 11 is 0. The number of anilines is 3. The Labute approximate surface area is 384 Å². The Balaban J connectivity index is 0.900. The lowest BCUT2D eigenvalue weighted by atomic mass is 9.43. The summed E-state index contributed by atoms with van der Waals surface area (Å²) in [5.41, 5.74) is 23.6. The van der Waals surface area contributed by atoms with Crippen molar-refractivity contribution in [3.05, 3.63) is 210 Å². The van der Waals surface area contributed by atoms with Crippen LogP contribution >= 0.6 is 0 Å².